The first-order valence-electron chi connectivity index (χ1n) is 11.3. The van der Waals surface area contributed by atoms with Crippen LogP contribution in [0.2, 0.25) is 0 Å². The molecule has 3 aromatic rings. The lowest BCUT2D eigenvalue weighted by Gasteiger charge is -2.33. The Balaban J connectivity index is 2.13. The van der Waals surface area contributed by atoms with Gasteiger partial charge in [-0.1, -0.05) is 67.6 Å². The summed E-state index contributed by atoms with van der Waals surface area (Å²) in [5, 5.41) is 0. The van der Waals surface area contributed by atoms with Crippen molar-refractivity contribution in [1.82, 2.24) is 0 Å². The molecule has 0 heterocycles. The Kier molecular flexibility index (Phi) is 7.10. The number of allylic oxidation sites excluding steroid dienone is 1. The van der Waals surface area contributed by atoms with Crippen LogP contribution in [0.4, 0.5) is 0 Å². The van der Waals surface area contributed by atoms with Gasteiger partial charge in [-0.05, 0) is 67.3 Å². The molecule has 4 rings (SSSR count). The predicted molar refractivity (Wildman–Crippen MR) is 139 cm³/mol. The number of hydrogen-bond acceptors (Lipinski definition) is 6. The Morgan fingerprint density at radius 2 is 1.00 bits per heavy atom. The van der Waals surface area contributed by atoms with E-state index in [1.54, 1.807) is 30.3 Å². The van der Waals surface area contributed by atoms with Gasteiger partial charge in [0.25, 0.3) is 0 Å². The maximum Gasteiger partial charge on any atom is 0.206 e. The molecule has 6 nitrogen and oxygen atoms in total. The average molecular weight is 543 g/mol. The van der Waals surface area contributed by atoms with Gasteiger partial charge >= 0.3 is 0 Å². The second-order valence-corrected chi connectivity index (χ2v) is 15.2. The Morgan fingerprint density at radius 1 is 0.583 bits per heavy atom. The van der Waals surface area contributed by atoms with Crippen LogP contribution in [0.1, 0.15) is 25.7 Å². The summed E-state index contributed by atoms with van der Waals surface area (Å²) in [4.78, 5) is -0.861. The van der Waals surface area contributed by atoms with Gasteiger partial charge in [0.2, 0.25) is 33.6 Å². The van der Waals surface area contributed by atoms with Gasteiger partial charge in [0.15, 0.2) is 0 Å². The lowest BCUT2D eigenvalue weighted by Crippen LogP contribution is -2.46. The summed E-state index contributed by atoms with van der Waals surface area (Å²) in [6.07, 6.45) is 1.55. The van der Waals surface area contributed by atoms with Gasteiger partial charge < -0.3 is 0 Å². The first kappa shape index (κ1) is 26.1. The molecule has 0 bridgehead atoms. The number of sulfone groups is 3. The molecule has 0 spiro atoms. The number of benzene rings is 3. The Hall–Kier alpha value is -3.01. The summed E-state index contributed by atoms with van der Waals surface area (Å²) >= 11 is 0. The summed E-state index contributed by atoms with van der Waals surface area (Å²) < 4.78 is 82.0. The summed E-state index contributed by atoms with van der Waals surface area (Å²) in [5.41, 5.74) is 0.175. The third kappa shape index (κ3) is 4.36. The standard InChI is InChI=1S/C27H26O6S3/c1-22-13-11-12-20-27(35(30,31)24-16-7-3-8-17-24,36(32,33)25-18-9-4-10-19-25)21-26(22)34(28,29)23-14-5-2-6-15-23/h2-10,14-19,21H,1,11-13,20H2/b26-21+. The Bertz CT molecular complexity index is 1540. The Morgan fingerprint density at radius 3 is 1.44 bits per heavy atom. The van der Waals surface area contributed by atoms with E-state index >= 15 is 0 Å². The first-order valence-corrected chi connectivity index (χ1v) is 15.8. The van der Waals surface area contributed by atoms with Crippen LogP contribution in [0, 0.1) is 0 Å². The SMILES string of the molecule is C=C1CCCCC(S(=O)(=O)c2ccccc2)(S(=O)(=O)c2ccccc2)/C=C\1S(=O)(=O)c1ccccc1. The molecule has 0 saturated heterocycles. The van der Waals surface area contributed by atoms with Crippen molar-refractivity contribution >= 4 is 29.5 Å². The summed E-state index contributed by atoms with van der Waals surface area (Å²) in [6, 6.07) is 22.1. The highest BCUT2D eigenvalue weighted by atomic mass is 32.3. The maximum absolute atomic E-state index is 14.3. The van der Waals surface area contributed by atoms with Gasteiger partial charge in [0.05, 0.1) is 19.6 Å². The van der Waals surface area contributed by atoms with Crippen LogP contribution in [0.5, 0.6) is 0 Å². The zero-order chi connectivity index (χ0) is 26.0. The van der Waals surface area contributed by atoms with E-state index in [0.29, 0.717) is 12.8 Å². The number of hydrogen-bond donors (Lipinski definition) is 0. The summed E-state index contributed by atoms with van der Waals surface area (Å²) in [5.74, 6) is 0. The Labute approximate surface area is 212 Å². The molecule has 0 fully saturated rings. The van der Waals surface area contributed by atoms with Crippen LogP contribution in [0.15, 0.2) is 129 Å². The predicted octanol–water partition coefficient (Wildman–Crippen LogP) is 5.12. The van der Waals surface area contributed by atoms with Crippen molar-refractivity contribution in [3.05, 3.63) is 114 Å². The minimum absolute atomic E-state index is 0.0684. The fraction of sp³-hybridized carbons (Fsp3) is 0.185. The topological polar surface area (TPSA) is 102 Å². The van der Waals surface area contributed by atoms with Crippen molar-refractivity contribution in [1.29, 1.82) is 0 Å². The second kappa shape index (κ2) is 9.80. The molecule has 1 aliphatic rings. The molecule has 0 aromatic heterocycles. The quantitative estimate of drug-likeness (QED) is 0.429. The van der Waals surface area contributed by atoms with Crippen LogP contribution >= 0.6 is 0 Å². The van der Waals surface area contributed by atoms with Gasteiger partial charge in [-0.15, -0.1) is 0 Å². The zero-order valence-corrected chi connectivity index (χ0v) is 21.9. The molecule has 0 unspecified atom stereocenters. The van der Waals surface area contributed by atoms with Crippen LogP contribution in [-0.2, 0) is 29.5 Å². The van der Waals surface area contributed by atoms with Crippen molar-refractivity contribution in [3.8, 4) is 0 Å². The van der Waals surface area contributed by atoms with Gasteiger partial charge in [-0.25, -0.2) is 25.3 Å². The van der Waals surface area contributed by atoms with Crippen molar-refractivity contribution in [2.75, 3.05) is 0 Å². The third-order valence-electron chi connectivity index (χ3n) is 6.31. The van der Waals surface area contributed by atoms with Crippen LogP contribution in [0.25, 0.3) is 0 Å². The highest BCUT2D eigenvalue weighted by molar-refractivity contribution is 8.10. The van der Waals surface area contributed by atoms with Gasteiger partial charge in [-0.2, -0.15) is 0 Å². The largest absolute Gasteiger partial charge is 0.222 e. The van der Waals surface area contributed by atoms with E-state index in [0.717, 1.165) is 6.08 Å². The molecule has 0 aliphatic heterocycles. The summed E-state index contributed by atoms with van der Waals surface area (Å²) in [7, 11) is -13.5. The lowest BCUT2D eigenvalue weighted by molar-refractivity contribution is 0.535. The van der Waals surface area contributed by atoms with E-state index in [9.17, 15) is 25.3 Å². The fourth-order valence-corrected chi connectivity index (χ4v) is 11.1. The van der Waals surface area contributed by atoms with E-state index in [-0.39, 0.29) is 38.0 Å². The van der Waals surface area contributed by atoms with E-state index in [1.807, 2.05) is 0 Å². The van der Waals surface area contributed by atoms with Crippen molar-refractivity contribution in [2.24, 2.45) is 0 Å². The van der Waals surface area contributed by atoms with Crippen molar-refractivity contribution in [2.45, 2.75) is 44.4 Å². The van der Waals surface area contributed by atoms with Crippen LogP contribution in [-0.4, -0.2) is 29.3 Å². The molecule has 3 aromatic carbocycles. The molecular weight excluding hydrogens is 516 g/mol. The first-order chi connectivity index (χ1) is 17.0. The zero-order valence-electron chi connectivity index (χ0n) is 19.4. The maximum atomic E-state index is 14.3. The highest BCUT2D eigenvalue weighted by Gasteiger charge is 2.55. The van der Waals surface area contributed by atoms with E-state index in [1.165, 1.54) is 60.7 Å². The van der Waals surface area contributed by atoms with E-state index in [2.05, 4.69) is 6.58 Å². The van der Waals surface area contributed by atoms with Gasteiger partial charge in [0, 0.05) is 0 Å². The smallest absolute Gasteiger partial charge is 0.206 e. The highest BCUT2D eigenvalue weighted by Crippen LogP contribution is 2.45. The van der Waals surface area contributed by atoms with Crippen LogP contribution < -0.4 is 0 Å². The fourth-order valence-electron chi connectivity index (χ4n) is 4.37. The molecular formula is C27H26O6S3. The molecule has 0 N–H and O–H groups in total. The third-order valence-corrected chi connectivity index (χ3v) is 13.8. The van der Waals surface area contributed by atoms with E-state index < -0.39 is 33.6 Å². The van der Waals surface area contributed by atoms with E-state index in [4.69, 9.17) is 0 Å². The molecule has 0 amide bonds. The van der Waals surface area contributed by atoms with Crippen molar-refractivity contribution < 1.29 is 25.3 Å². The molecule has 36 heavy (non-hydrogen) atoms. The molecule has 188 valence electrons. The molecule has 0 atom stereocenters. The second-order valence-electron chi connectivity index (χ2n) is 8.58. The minimum atomic E-state index is -4.64. The molecule has 9 heteroatoms. The normalized spacial score (nSPS) is 18.4. The molecule has 1 aliphatic carbocycles. The monoisotopic (exact) mass is 542 g/mol. The summed E-state index contributed by atoms with van der Waals surface area (Å²) in [6.45, 7) is 3.93. The van der Waals surface area contributed by atoms with Gasteiger partial charge in [-0.3, -0.25) is 0 Å². The molecule has 0 saturated carbocycles. The average Bonchev–Trinajstić information content (AvgIpc) is 2.88. The number of rotatable bonds is 6. The molecule has 0 radical (unpaired) electrons. The van der Waals surface area contributed by atoms with Crippen LogP contribution in [0.3, 0.4) is 0 Å². The van der Waals surface area contributed by atoms with Gasteiger partial charge in [0.1, 0.15) is 0 Å². The minimum Gasteiger partial charge on any atom is -0.222 e. The lowest BCUT2D eigenvalue weighted by atomic mass is 10.0. The van der Waals surface area contributed by atoms with Crippen molar-refractivity contribution in [3.63, 3.8) is 0 Å².